The Kier molecular flexibility index (Phi) is 2.65. The molecule has 3 nitrogen and oxygen atoms in total. The number of aliphatic hydroxyl groups is 1. The maximum absolute atomic E-state index is 12.4. The average Bonchev–Trinajstić information content (AvgIpc) is 2.24. The van der Waals surface area contributed by atoms with Gasteiger partial charge in [0.05, 0.1) is 5.57 Å². The summed E-state index contributed by atoms with van der Waals surface area (Å²) >= 11 is 0. The van der Waals surface area contributed by atoms with Gasteiger partial charge in [0.25, 0.3) is 0 Å². The maximum atomic E-state index is 12.4. The highest BCUT2D eigenvalue weighted by Crippen LogP contribution is 2.36. The van der Waals surface area contributed by atoms with Gasteiger partial charge in [0.1, 0.15) is 0 Å². The van der Waals surface area contributed by atoms with Crippen LogP contribution in [0.4, 0.5) is 0 Å². The number of ketones is 2. The molecule has 0 amide bonds. The van der Waals surface area contributed by atoms with Gasteiger partial charge in [-0.1, -0.05) is 32.4 Å². The van der Waals surface area contributed by atoms with E-state index in [1.54, 1.807) is 18.2 Å². The van der Waals surface area contributed by atoms with E-state index in [1.165, 1.54) is 0 Å². The molecule has 0 radical (unpaired) electrons. The molecule has 2 rings (SSSR count). The lowest BCUT2D eigenvalue weighted by atomic mass is 9.75. The Labute approximate surface area is 106 Å². The molecule has 1 aromatic rings. The van der Waals surface area contributed by atoms with Crippen molar-refractivity contribution in [3.05, 3.63) is 46.2 Å². The van der Waals surface area contributed by atoms with Gasteiger partial charge in [0.15, 0.2) is 11.5 Å². The molecule has 3 heteroatoms. The third kappa shape index (κ3) is 1.76. The SMILES string of the molecule is Cc1ccc2c(c1)C(=O)C(C(C)(C)C)=C(O)C2=O. The number of rotatable bonds is 0. The fraction of sp³-hybridized carbons (Fsp3) is 0.333. The number of hydrogen-bond acceptors (Lipinski definition) is 3. The number of fused-ring (bicyclic) bond motifs is 1. The number of hydrogen-bond donors (Lipinski definition) is 1. The molecule has 1 N–H and O–H groups in total. The van der Waals surface area contributed by atoms with Gasteiger partial charge < -0.3 is 5.11 Å². The van der Waals surface area contributed by atoms with Crippen molar-refractivity contribution < 1.29 is 14.7 Å². The Morgan fingerprint density at radius 3 is 2.17 bits per heavy atom. The molecule has 1 aromatic carbocycles. The zero-order chi connectivity index (χ0) is 13.7. The predicted molar refractivity (Wildman–Crippen MR) is 68.9 cm³/mol. The van der Waals surface area contributed by atoms with Gasteiger partial charge in [-0.05, 0) is 24.5 Å². The standard InChI is InChI=1S/C15H16O3/c1-8-5-6-9-10(7-8)12(16)11(15(2,3)4)14(18)13(9)17/h5-7,18H,1-4H3. The number of aliphatic hydroxyl groups excluding tert-OH is 1. The van der Waals surface area contributed by atoms with E-state index in [2.05, 4.69) is 0 Å². The van der Waals surface area contributed by atoms with E-state index in [0.717, 1.165) is 5.56 Å². The van der Waals surface area contributed by atoms with Crippen molar-refractivity contribution in [1.82, 2.24) is 0 Å². The van der Waals surface area contributed by atoms with Crippen molar-refractivity contribution in [2.24, 2.45) is 5.41 Å². The second-order valence-electron chi connectivity index (χ2n) is 5.68. The summed E-state index contributed by atoms with van der Waals surface area (Å²) in [5, 5.41) is 9.97. The first-order valence-electron chi connectivity index (χ1n) is 5.87. The fourth-order valence-corrected chi connectivity index (χ4v) is 2.22. The minimum Gasteiger partial charge on any atom is -0.504 e. The van der Waals surface area contributed by atoms with Crippen molar-refractivity contribution in [3.8, 4) is 0 Å². The highest BCUT2D eigenvalue weighted by Gasteiger charge is 2.37. The lowest BCUT2D eigenvalue weighted by Crippen LogP contribution is -2.29. The van der Waals surface area contributed by atoms with Crippen LogP contribution in [0.25, 0.3) is 0 Å². The summed E-state index contributed by atoms with van der Waals surface area (Å²) in [6.07, 6.45) is 0. The molecule has 0 aromatic heterocycles. The summed E-state index contributed by atoms with van der Waals surface area (Å²) in [4.78, 5) is 24.5. The van der Waals surface area contributed by atoms with E-state index in [-0.39, 0.29) is 16.9 Å². The molecule has 0 fully saturated rings. The van der Waals surface area contributed by atoms with Crippen molar-refractivity contribution >= 4 is 11.6 Å². The molecular formula is C15H16O3. The van der Waals surface area contributed by atoms with E-state index in [0.29, 0.717) is 5.56 Å². The third-order valence-corrected chi connectivity index (χ3v) is 3.09. The predicted octanol–water partition coefficient (Wildman–Crippen LogP) is 3.23. The van der Waals surface area contributed by atoms with Crippen molar-refractivity contribution in [2.75, 3.05) is 0 Å². The summed E-state index contributed by atoms with van der Waals surface area (Å²) in [5.74, 6) is -1.13. The lowest BCUT2D eigenvalue weighted by Gasteiger charge is -2.27. The summed E-state index contributed by atoms with van der Waals surface area (Å²) < 4.78 is 0. The maximum Gasteiger partial charge on any atom is 0.228 e. The van der Waals surface area contributed by atoms with Gasteiger partial charge >= 0.3 is 0 Å². The second kappa shape index (κ2) is 3.80. The Morgan fingerprint density at radius 1 is 1.00 bits per heavy atom. The number of benzene rings is 1. The molecule has 18 heavy (non-hydrogen) atoms. The van der Waals surface area contributed by atoms with Crippen LogP contribution in [-0.2, 0) is 0 Å². The van der Waals surface area contributed by atoms with Crippen LogP contribution in [0, 0.1) is 12.3 Å². The minimum absolute atomic E-state index is 0.200. The van der Waals surface area contributed by atoms with Gasteiger partial charge in [-0.15, -0.1) is 0 Å². The number of aryl methyl sites for hydroxylation is 1. The second-order valence-corrected chi connectivity index (χ2v) is 5.68. The minimum atomic E-state index is -0.557. The lowest BCUT2D eigenvalue weighted by molar-refractivity contribution is 0.0910. The first-order chi connectivity index (χ1) is 8.23. The van der Waals surface area contributed by atoms with Crippen LogP contribution in [0.3, 0.4) is 0 Å². The van der Waals surface area contributed by atoms with Crippen molar-refractivity contribution in [1.29, 1.82) is 0 Å². The van der Waals surface area contributed by atoms with E-state index in [1.807, 2.05) is 27.7 Å². The topological polar surface area (TPSA) is 54.4 Å². The van der Waals surface area contributed by atoms with Crippen LogP contribution in [0.2, 0.25) is 0 Å². The summed E-state index contributed by atoms with van der Waals surface area (Å²) in [6.45, 7) is 7.30. The van der Waals surface area contributed by atoms with E-state index >= 15 is 0 Å². The molecule has 0 heterocycles. The Hall–Kier alpha value is -1.90. The summed E-state index contributed by atoms with van der Waals surface area (Å²) in [6, 6.07) is 5.06. The van der Waals surface area contributed by atoms with Crippen LogP contribution < -0.4 is 0 Å². The first-order valence-corrected chi connectivity index (χ1v) is 5.87. The fourth-order valence-electron chi connectivity index (χ4n) is 2.22. The molecular weight excluding hydrogens is 228 g/mol. The van der Waals surface area contributed by atoms with Crippen molar-refractivity contribution in [3.63, 3.8) is 0 Å². The monoisotopic (exact) mass is 244 g/mol. The normalized spacial score (nSPS) is 16.0. The summed E-state index contributed by atoms with van der Waals surface area (Å²) in [5.41, 5.74) is 1.24. The molecule has 1 aliphatic rings. The molecule has 0 spiro atoms. The van der Waals surface area contributed by atoms with Crippen LogP contribution in [0.15, 0.2) is 29.5 Å². The highest BCUT2D eigenvalue weighted by molar-refractivity contribution is 6.26. The van der Waals surface area contributed by atoms with Gasteiger partial charge in [0.2, 0.25) is 5.78 Å². The highest BCUT2D eigenvalue weighted by atomic mass is 16.3. The van der Waals surface area contributed by atoms with Crippen molar-refractivity contribution in [2.45, 2.75) is 27.7 Å². The van der Waals surface area contributed by atoms with Gasteiger partial charge in [-0.2, -0.15) is 0 Å². The zero-order valence-corrected chi connectivity index (χ0v) is 11.0. The van der Waals surface area contributed by atoms with E-state index in [9.17, 15) is 14.7 Å². The van der Waals surface area contributed by atoms with Gasteiger partial charge in [-0.3, -0.25) is 9.59 Å². The molecule has 1 aliphatic carbocycles. The molecule has 0 atom stereocenters. The van der Waals surface area contributed by atoms with Crippen LogP contribution in [0.5, 0.6) is 0 Å². The molecule has 0 saturated heterocycles. The molecule has 94 valence electrons. The number of allylic oxidation sites excluding steroid dienone is 2. The molecule has 0 unspecified atom stereocenters. The molecule has 0 aliphatic heterocycles. The number of Topliss-reactive ketones (excluding diaryl/α,β-unsaturated/α-hetero) is 2. The van der Waals surface area contributed by atoms with Gasteiger partial charge in [-0.25, -0.2) is 0 Å². The van der Waals surface area contributed by atoms with Crippen LogP contribution in [0.1, 0.15) is 47.1 Å². The Bertz CT molecular complexity index is 586. The third-order valence-electron chi connectivity index (χ3n) is 3.09. The van der Waals surface area contributed by atoms with Crippen LogP contribution >= 0.6 is 0 Å². The quantitative estimate of drug-likeness (QED) is 0.762. The van der Waals surface area contributed by atoms with Gasteiger partial charge in [0, 0.05) is 11.1 Å². The average molecular weight is 244 g/mol. The Balaban J connectivity index is 2.72. The molecule has 0 bridgehead atoms. The number of carbonyl (C=O) groups is 2. The molecule has 0 saturated carbocycles. The smallest absolute Gasteiger partial charge is 0.228 e. The Morgan fingerprint density at radius 2 is 1.61 bits per heavy atom. The summed E-state index contributed by atoms with van der Waals surface area (Å²) in [7, 11) is 0. The van der Waals surface area contributed by atoms with E-state index in [4.69, 9.17) is 0 Å². The number of carbonyl (C=O) groups excluding carboxylic acids is 2. The largest absolute Gasteiger partial charge is 0.504 e. The zero-order valence-electron chi connectivity index (χ0n) is 11.0. The first kappa shape index (κ1) is 12.6. The van der Waals surface area contributed by atoms with E-state index < -0.39 is 17.0 Å². The van der Waals surface area contributed by atoms with Crippen LogP contribution in [-0.4, -0.2) is 16.7 Å².